The van der Waals surface area contributed by atoms with Crippen molar-refractivity contribution in [1.29, 1.82) is 0 Å². The molecule has 0 aliphatic carbocycles. The molecule has 1 heterocycles. The SMILES string of the molecule is COc1ccc(C2=NO[C@H](CN(Cc3ccc(F)cc3)C(=O)NC(C)(C)C)C2)cc1. The van der Waals surface area contributed by atoms with Gasteiger partial charge >= 0.3 is 6.03 Å². The topological polar surface area (TPSA) is 63.2 Å². The van der Waals surface area contributed by atoms with E-state index in [-0.39, 0.29) is 23.5 Å². The van der Waals surface area contributed by atoms with Crippen LogP contribution in [0.15, 0.2) is 53.7 Å². The molecule has 1 N–H and O–H groups in total. The highest BCUT2D eigenvalue weighted by molar-refractivity contribution is 6.01. The van der Waals surface area contributed by atoms with Crippen LogP contribution >= 0.6 is 0 Å². The van der Waals surface area contributed by atoms with Crippen molar-refractivity contribution in [3.63, 3.8) is 0 Å². The van der Waals surface area contributed by atoms with Gasteiger partial charge in [-0.1, -0.05) is 17.3 Å². The van der Waals surface area contributed by atoms with E-state index in [0.717, 1.165) is 22.6 Å². The molecule has 1 aliphatic rings. The zero-order valence-corrected chi connectivity index (χ0v) is 17.8. The molecule has 0 saturated carbocycles. The fourth-order valence-corrected chi connectivity index (χ4v) is 3.16. The van der Waals surface area contributed by atoms with Gasteiger partial charge in [0.05, 0.1) is 19.4 Å². The second kappa shape index (κ2) is 9.15. The van der Waals surface area contributed by atoms with Gasteiger partial charge in [0, 0.05) is 18.5 Å². The molecule has 2 aromatic carbocycles. The predicted octanol–water partition coefficient (Wildman–Crippen LogP) is 4.34. The third kappa shape index (κ3) is 5.95. The van der Waals surface area contributed by atoms with Gasteiger partial charge in [-0.05, 0) is 68.3 Å². The fourth-order valence-electron chi connectivity index (χ4n) is 3.16. The quantitative estimate of drug-likeness (QED) is 0.766. The Morgan fingerprint density at radius 2 is 1.87 bits per heavy atom. The van der Waals surface area contributed by atoms with E-state index in [1.54, 1.807) is 24.1 Å². The monoisotopic (exact) mass is 413 g/mol. The van der Waals surface area contributed by atoms with E-state index in [0.29, 0.717) is 19.5 Å². The maximum absolute atomic E-state index is 13.2. The van der Waals surface area contributed by atoms with Crippen molar-refractivity contribution in [2.24, 2.45) is 5.16 Å². The van der Waals surface area contributed by atoms with Gasteiger partial charge in [-0.15, -0.1) is 0 Å². The van der Waals surface area contributed by atoms with Crippen LogP contribution < -0.4 is 10.1 Å². The second-order valence-electron chi connectivity index (χ2n) is 8.39. The van der Waals surface area contributed by atoms with Crippen molar-refractivity contribution >= 4 is 11.7 Å². The molecule has 1 atom stereocenters. The minimum atomic E-state index is -0.376. The lowest BCUT2D eigenvalue weighted by atomic mass is 10.0. The summed E-state index contributed by atoms with van der Waals surface area (Å²) in [6.45, 7) is 6.50. The number of hydrogen-bond acceptors (Lipinski definition) is 4. The van der Waals surface area contributed by atoms with E-state index >= 15 is 0 Å². The van der Waals surface area contributed by atoms with E-state index in [2.05, 4.69) is 10.5 Å². The Labute approximate surface area is 176 Å². The van der Waals surface area contributed by atoms with Gasteiger partial charge in [-0.25, -0.2) is 9.18 Å². The Balaban J connectivity index is 1.68. The van der Waals surface area contributed by atoms with Gasteiger partial charge < -0.3 is 19.8 Å². The molecule has 0 aromatic heterocycles. The lowest BCUT2D eigenvalue weighted by Gasteiger charge is -2.29. The Kier molecular flexibility index (Phi) is 6.59. The number of nitrogens with zero attached hydrogens (tertiary/aromatic N) is 2. The molecule has 30 heavy (non-hydrogen) atoms. The molecular weight excluding hydrogens is 385 g/mol. The molecule has 1 aliphatic heterocycles. The van der Waals surface area contributed by atoms with Crippen LogP contribution in [0.2, 0.25) is 0 Å². The molecule has 2 amide bonds. The van der Waals surface area contributed by atoms with Crippen molar-refractivity contribution in [3.05, 3.63) is 65.5 Å². The minimum absolute atomic E-state index is 0.201. The van der Waals surface area contributed by atoms with Crippen LogP contribution in [-0.2, 0) is 11.4 Å². The Morgan fingerprint density at radius 1 is 1.20 bits per heavy atom. The van der Waals surface area contributed by atoms with E-state index in [1.807, 2.05) is 45.0 Å². The summed E-state index contributed by atoms with van der Waals surface area (Å²) in [5.41, 5.74) is 2.26. The van der Waals surface area contributed by atoms with Crippen molar-refractivity contribution in [3.8, 4) is 5.75 Å². The number of amides is 2. The summed E-state index contributed by atoms with van der Waals surface area (Å²) in [6.07, 6.45) is 0.336. The van der Waals surface area contributed by atoms with E-state index in [9.17, 15) is 9.18 Å². The van der Waals surface area contributed by atoms with Crippen LogP contribution in [0.4, 0.5) is 9.18 Å². The molecule has 0 spiro atoms. The first-order valence-electron chi connectivity index (χ1n) is 9.92. The number of nitrogens with one attached hydrogen (secondary N) is 1. The molecule has 0 fully saturated rings. The van der Waals surface area contributed by atoms with E-state index in [4.69, 9.17) is 9.57 Å². The van der Waals surface area contributed by atoms with E-state index < -0.39 is 0 Å². The minimum Gasteiger partial charge on any atom is -0.497 e. The third-order valence-corrected chi connectivity index (χ3v) is 4.64. The second-order valence-corrected chi connectivity index (χ2v) is 8.39. The summed E-state index contributed by atoms with van der Waals surface area (Å²) < 4.78 is 18.4. The molecule has 0 bridgehead atoms. The lowest BCUT2D eigenvalue weighted by Crippen LogP contribution is -2.50. The number of hydrogen-bond donors (Lipinski definition) is 1. The summed E-state index contributed by atoms with van der Waals surface area (Å²) >= 11 is 0. The summed E-state index contributed by atoms with van der Waals surface area (Å²) in [6, 6.07) is 13.6. The molecule has 0 unspecified atom stereocenters. The molecule has 3 rings (SSSR count). The maximum Gasteiger partial charge on any atom is 0.318 e. The van der Waals surface area contributed by atoms with Gasteiger partial charge in [0.2, 0.25) is 0 Å². The lowest BCUT2D eigenvalue weighted by molar-refractivity contribution is 0.0580. The Morgan fingerprint density at radius 3 is 2.47 bits per heavy atom. The standard InChI is InChI=1S/C23H28FN3O3/c1-23(2,3)25-22(28)27(14-16-5-9-18(24)10-6-16)15-20-13-21(26-30-20)17-7-11-19(29-4)12-8-17/h5-12,20H,13-15H2,1-4H3,(H,25,28)/t20-/m0/s1. The smallest absolute Gasteiger partial charge is 0.318 e. The number of oxime groups is 1. The maximum atomic E-state index is 13.2. The zero-order valence-electron chi connectivity index (χ0n) is 17.8. The number of benzene rings is 2. The summed E-state index contributed by atoms with van der Waals surface area (Å²) in [4.78, 5) is 20.2. The number of halogens is 1. The first-order valence-corrected chi connectivity index (χ1v) is 9.92. The molecule has 160 valence electrons. The fraction of sp³-hybridized carbons (Fsp3) is 0.391. The van der Waals surface area contributed by atoms with Crippen LogP contribution in [0.1, 0.15) is 38.3 Å². The molecule has 0 radical (unpaired) electrons. The van der Waals surface area contributed by atoms with Gasteiger partial charge in [0.25, 0.3) is 0 Å². The third-order valence-electron chi connectivity index (χ3n) is 4.64. The highest BCUT2D eigenvalue weighted by Crippen LogP contribution is 2.21. The summed E-state index contributed by atoms with van der Waals surface area (Å²) in [5, 5.41) is 7.20. The van der Waals surface area contributed by atoms with Crippen molar-refractivity contribution < 1.29 is 18.8 Å². The normalized spacial score (nSPS) is 15.9. The number of carbonyl (C=O) groups is 1. The molecule has 2 aromatic rings. The largest absolute Gasteiger partial charge is 0.497 e. The van der Waals surface area contributed by atoms with Gasteiger partial charge in [0.15, 0.2) is 6.10 Å². The first-order chi connectivity index (χ1) is 14.2. The predicted molar refractivity (Wildman–Crippen MR) is 114 cm³/mol. The first kappa shape index (κ1) is 21.6. The molecular formula is C23H28FN3O3. The zero-order chi connectivity index (χ0) is 21.7. The van der Waals surface area contributed by atoms with Crippen LogP contribution in [0.5, 0.6) is 5.75 Å². The van der Waals surface area contributed by atoms with Crippen LogP contribution in [0.25, 0.3) is 0 Å². The number of methoxy groups -OCH3 is 1. The molecule has 6 nitrogen and oxygen atoms in total. The molecule has 0 saturated heterocycles. The van der Waals surface area contributed by atoms with Crippen molar-refractivity contribution in [2.75, 3.05) is 13.7 Å². The summed E-state index contributed by atoms with van der Waals surface area (Å²) in [7, 11) is 1.62. The average molecular weight is 413 g/mol. The van der Waals surface area contributed by atoms with Crippen molar-refractivity contribution in [2.45, 2.75) is 45.4 Å². The number of carbonyl (C=O) groups excluding carboxylic acids is 1. The Hall–Kier alpha value is -3.09. The number of rotatable bonds is 6. The van der Waals surface area contributed by atoms with E-state index in [1.165, 1.54) is 12.1 Å². The average Bonchev–Trinajstić information content (AvgIpc) is 3.16. The highest BCUT2D eigenvalue weighted by Gasteiger charge is 2.28. The highest BCUT2D eigenvalue weighted by atomic mass is 19.1. The molecule has 7 heteroatoms. The number of urea groups is 1. The van der Waals surface area contributed by atoms with Crippen LogP contribution in [-0.4, -0.2) is 41.9 Å². The Bertz CT molecular complexity index is 889. The van der Waals surface area contributed by atoms with Crippen LogP contribution in [0.3, 0.4) is 0 Å². The van der Waals surface area contributed by atoms with Crippen molar-refractivity contribution in [1.82, 2.24) is 10.2 Å². The van der Waals surface area contributed by atoms with Gasteiger partial charge in [0.1, 0.15) is 11.6 Å². The van der Waals surface area contributed by atoms with Gasteiger partial charge in [-0.2, -0.15) is 0 Å². The van der Waals surface area contributed by atoms with Gasteiger partial charge in [-0.3, -0.25) is 0 Å². The summed E-state index contributed by atoms with van der Waals surface area (Å²) in [5.74, 6) is 0.472. The van der Waals surface area contributed by atoms with Crippen LogP contribution in [0, 0.1) is 5.82 Å². The number of ether oxygens (including phenoxy) is 1.